The number of benzene rings is 2. The zero-order chi connectivity index (χ0) is 24.9. The third kappa shape index (κ3) is 6.86. The topological polar surface area (TPSA) is 122 Å². The van der Waals surface area contributed by atoms with Gasteiger partial charge in [-0.3, -0.25) is 14.4 Å². The predicted octanol–water partition coefficient (Wildman–Crippen LogP) is 3.42. The van der Waals surface area contributed by atoms with E-state index < -0.39 is 29.6 Å². The Bertz CT molecular complexity index is 1020. The van der Waals surface area contributed by atoms with Crippen molar-refractivity contribution in [3.05, 3.63) is 65.0 Å². The van der Waals surface area contributed by atoms with Gasteiger partial charge in [0.1, 0.15) is 29.3 Å². The van der Waals surface area contributed by atoms with E-state index in [1.165, 1.54) is 31.2 Å². The maximum Gasteiger partial charge on any atom is 0.323 e. The van der Waals surface area contributed by atoms with Crippen LogP contribution in [-0.2, 0) is 16.0 Å². The molecule has 4 N–H and O–H groups in total. The van der Waals surface area contributed by atoms with Crippen LogP contribution in [0.15, 0.2) is 42.5 Å². The molecule has 0 saturated heterocycles. The van der Waals surface area contributed by atoms with Gasteiger partial charge in [-0.1, -0.05) is 13.8 Å². The number of halogens is 1. The minimum Gasteiger partial charge on any atom is -0.484 e. The van der Waals surface area contributed by atoms with Gasteiger partial charge in [-0.25, -0.2) is 4.39 Å². The number of nitrogens with two attached hydrogens (primary N) is 2. The van der Waals surface area contributed by atoms with Gasteiger partial charge in [0.15, 0.2) is 5.78 Å². The first-order chi connectivity index (χ1) is 15.3. The van der Waals surface area contributed by atoms with E-state index in [1.54, 1.807) is 18.2 Å². The van der Waals surface area contributed by atoms with Crippen molar-refractivity contribution in [1.82, 2.24) is 0 Å². The first-order valence-corrected chi connectivity index (χ1v) is 10.7. The molecule has 178 valence electrons. The third-order valence-electron chi connectivity index (χ3n) is 5.40. The number of ketones is 1. The largest absolute Gasteiger partial charge is 0.484 e. The van der Waals surface area contributed by atoms with Gasteiger partial charge < -0.3 is 20.9 Å². The maximum atomic E-state index is 12.2. The number of hydrogen-bond donors (Lipinski definition) is 2. The highest BCUT2D eigenvalue weighted by molar-refractivity contribution is 5.94. The molecule has 1 aliphatic rings. The van der Waals surface area contributed by atoms with Gasteiger partial charge in [0.2, 0.25) is 5.91 Å². The summed E-state index contributed by atoms with van der Waals surface area (Å²) < 4.78 is 23.8. The summed E-state index contributed by atoms with van der Waals surface area (Å²) in [6, 6.07) is 9.77. The Hall–Kier alpha value is -3.26. The average Bonchev–Trinajstić information content (AvgIpc) is 2.73. The fourth-order valence-electron chi connectivity index (χ4n) is 3.14. The second kappa shape index (κ2) is 10.6. The van der Waals surface area contributed by atoms with Crippen LogP contribution in [0.25, 0.3) is 0 Å². The molecular formula is C25H31FN2O5. The molecule has 0 fully saturated rings. The van der Waals surface area contributed by atoms with Crippen LogP contribution in [0.1, 0.15) is 60.9 Å². The number of fused-ring (bicyclic) bond motifs is 1. The normalized spacial score (nSPS) is 17.0. The minimum absolute atomic E-state index is 0.00622. The van der Waals surface area contributed by atoms with Gasteiger partial charge in [0.25, 0.3) is 0 Å². The second-order valence-electron chi connectivity index (χ2n) is 8.85. The average molecular weight is 459 g/mol. The van der Waals surface area contributed by atoms with E-state index in [0.29, 0.717) is 17.5 Å². The lowest BCUT2D eigenvalue weighted by Crippen LogP contribution is -2.51. The Labute approximate surface area is 193 Å². The number of amides is 1. The molecule has 2 aromatic rings. The number of carbonyl (C=O) groups is 3. The van der Waals surface area contributed by atoms with Crippen molar-refractivity contribution in [2.24, 2.45) is 17.4 Å². The Morgan fingerprint density at radius 1 is 1.09 bits per heavy atom. The lowest BCUT2D eigenvalue weighted by atomic mass is 9.89. The summed E-state index contributed by atoms with van der Waals surface area (Å²) in [5, 5.41) is 0. The Morgan fingerprint density at radius 2 is 1.67 bits per heavy atom. The molecule has 0 aromatic heterocycles. The van der Waals surface area contributed by atoms with Crippen molar-refractivity contribution in [2.45, 2.75) is 58.8 Å². The Kier molecular flexibility index (Phi) is 8.33. The molecule has 1 unspecified atom stereocenters. The summed E-state index contributed by atoms with van der Waals surface area (Å²) in [5.74, 6) is -0.613. The highest BCUT2D eigenvalue weighted by Gasteiger charge is 2.40. The van der Waals surface area contributed by atoms with Crippen LogP contribution in [0.2, 0.25) is 0 Å². The molecule has 2 atom stereocenters. The van der Waals surface area contributed by atoms with Crippen LogP contribution < -0.4 is 16.2 Å². The van der Waals surface area contributed by atoms with E-state index in [0.717, 1.165) is 11.3 Å². The van der Waals surface area contributed by atoms with Crippen LogP contribution in [0, 0.1) is 11.7 Å². The van der Waals surface area contributed by atoms with Crippen molar-refractivity contribution in [1.29, 1.82) is 0 Å². The van der Waals surface area contributed by atoms with E-state index >= 15 is 0 Å². The second-order valence-corrected chi connectivity index (χ2v) is 8.85. The van der Waals surface area contributed by atoms with Crippen molar-refractivity contribution < 1.29 is 28.2 Å². The van der Waals surface area contributed by atoms with Crippen molar-refractivity contribution in [2.75, 3.05) is 0 Å². The molecule has 0 spiro atoms. The first kappa shape index (κ1) is 26.0. The summed E-state index contributed by atoms with van der Waals surface area (Å²) in [7, 11) is 0. The summed E-state index contributed by atoms with van der Waals surface area (Å²) in [5.41, 5.74) is 11.9. The van der Waals surface area contributed by atoms with Crippen LogP contribution in [0.5, 0.6) is 5.75 Å². The van der Waals surface area contributed by atoms with Gasteiger partial charge in [0.05, 0.1) is 0 Å². The molecule has 1 aliphatic heterocycles. The number of primary amides is 1. The smallest absolute Gasteiger partial charge is 0.323 e. The van der Waals surface area contributed by atoms with Crippen LogP contribution in [0.3, 0.4) is 0 Å². The van der Waals surface area contributed by atoms with E-state index in [9.17, 15) is 18.8 Å². The fraction of sp³-hybridized carbons (Fsp3) is 0.400. The number of rotatable bonds is 5. The quantitative estimate of drug-likeness (QED) is 0.523. The number of esters is 1. The maximum absolute atomic E-state index is 12.2. The fourth-order valence-corrected chi connectivity index (χ4v) is 3.14. The van der Waals surface area contributed by atoms with Crippen LogP contribution >= 0.6 is 0 Å². The summed E-state index contributed by atoms with van der Waals surface area (Å²) in [4.78, 5) is 34.1. The molecule has 33 heavy (non-hydrogen) atoms. The number of carbonyl (C=O) groups excluding carboxylic acids is 3. The zero-order valence-corrected chi connectivity index (χ0v) is 19.6. The van der Waals surface area contributed by atoms with Crippen molar-refractivity contribution in [3.63, 3.8) is 0 Å². The van der Waals surface area contributed by atoms with E-state index in [1.807, 2.05) is 27.7 Å². The predicted molar refractivity (Wildman–Crippen MR) is 122 cm³/mol. The molecule has 0 radical (unpaired) electrons. The monoisotopic (exact) mass is 458 g/mol. The van der Waals surface area contributed by atoms with E-state index in [-0.39, 0.29) is 17.5 Å². The minimum atomic E-state index is -0.657. The number of ether oxygens (including phenoxy) is 2. The summed E-state index contributed by atoms with van der Waals surface area (Å²) in [6.07, 6.45) is 0.0505. The Balaban J connectivity index is 0.000000321. The van der Waals surface area contributed by atoms with Gasteiger partial charge >= 0.3 is 5.97 Å². The molecule has 1 heterocycles. The number of hydrogen-bond acceptors (Lipinski definition) is 6. The highest BCUT2D eigenvalue weighted by Crippen LogP contribution is 2.35. The molecule has 0 saturated carbocycles. The molecular weight excluding hydrogens is 427 g/mol. The highest BCUT2D eigenvalue weighted by atomic mass is 19.1. The van der Waals surface area contributed by atoms with Crippen molar-refractivity contribution >= 4 is 17.7 Å². The standard InChI is InChI=1S/C18H25NO4.C7H6FNO/c1-10(2)16(19)17(21)22-15-9-13-8-12(11(3)20)6-7-14(13)23-18(15,4)5;8-6-3-1-5(2-4-6)7(9)10/h6-8,10,15-16H,9,19H2,1-5H3;1-4H,(H2,9,10)/t15-,16?;/m1./s1. The lowest BCUT2D eigenvalue weighted by Gasteiger charge is -2.39. The summed E-state index contributed by atoms with van der Waals surface area (Å²) >= 11 is 0. The SMILES string of the molecule is CC(=O)c1ccc2c(c1)C[C@@H](OC(=O)C(N)C(C)C)C(C)(C)O2.NC(=O)c1ccc(F)cc1. The molecule has 0 bridgehead atoms. The van der Waals surface area contributed by atoms with Crippen LogP contribution in [-0.4, -0.2) is 35.4 Å². The third-order valence-corrected chi connectivity index (χ3v) is 5.40. The van der Waals surface area contributed by atoms with Gasteiger partial charge in [-0.15, -0.1) is 0 Å². The Morgan fingerprint density at radius 3 is 2.18 bits per heavy atom. The van der Waals surface area contributed by atoms with Gasteiger partial charge in [-0.2, -0.15) is 0 Å². The molecule has 7 nitrogen and oxygen atoms in total. The van der Waals surface area contributed by atoms with Gasteiger partial charge in [0, 0.05) is 17.5 Å². The zero-order valence-electron chi connectivity index (χ0n) is 19.6. The van der Waals surface area contributed by atoms with Gasteiger partial charge in [-0.05, 0) is 74.7 Å². The van der Waals surface area contributed by atoms with E-state index in [4.69, 9.17) is 20.9 Å². The number of Topliss-reactive ketones (excluding diaryl/α,β-unsaturated/α-hetero) is 1. The first-order valence-electron chi connectivity index (χ1n) is 10.7. The molecule has 8 heteroatoms. The molecule has 0 aliphatic carbocycles. The lowest BCUT2D eigenvalue weighted by molar-refractivity contribution is -0.163. The van der Waals surface area contributed by atoms with Crippen molar-refractivity contribution in [3.8, 4) is 5.75 Å². The molecule has 2 aromatic carbocycles. The van der Waals surface area contributed by atoms with Crippen LogP contribution in [0.4, 0.5) is 4.39 Å². The molecule has 3 rings (SSSR count). The summed E-state index contributed by atoms with van der Waals surface area (Å²) in [6.45, 7) is 9.04. The molecule has 1 amide bonds. The van der Waals surface area contributed by atoms with E-state index in [2.05, 4.69) is 0 Å².